The zero-order chi connectivity index (χ0) is 17.6. The smallest absolute Gasteiger partial charge is 0.203 e. The molecule has 1 aromatic heterocycles. The molecule has 2 aromatic rings. The molecule has 3 rings (SSSR count). The van der Waals surface area contributed by atoms with Gasteiger partial charge in [0, 0.05) is 44.5 Å². The first-order valence-corrected chi connectivity index (χ1v) is 8.43. The van der Waals surface area contributed by atoms with Crippen LogP contribution in [0, 0.1) is 0 Å². The van der Waals surface area contributed by atoms with E-state index >= 15 is 0 Å². The molecule has 0 amide bonds. The van der Waals surface area contributed by atoms with Gasteiger partial charge in [0.15, 0.2) is 11.5 Å². The average Bonchev–Trinajstić information content (AvgIpc) is 2.68. The fourth-order valence-electron chi connectivity index (χ4n) is 3.20. The Balaban J connectivity index is 1.68. The number of nitrogens with zero attached hydrogens (tertiary/aromatic N) is 3. The van der Waals surface area contributed by atoms with Gasteiger partial charge in [-0.25, -0.2) is 4.98 Å². The van der Waals surface area contributed by atoms with Gasteiger partial charge in [-0.1, -0.05) is 12.1 Å². The number of ether oxygens (including phenoxy) is 3. The first-order valence-electron chi connectivity index (χ1n) is 8.43. The Morgan fingerprint density at radius 1 is 0.880 bits per heavy atom. The zero-order valence-corrected chi connectivity index (χ0v) is 15.1. The number of rotatable bonds is 6. The highest BCUT2D eigenvalue weighted by Gasteiger charge is 2.21. The minimum Gasteiger partial charge on any atom is -0.493 e. The van der Waals surface area contributed by atoms with Crippen molar-refractivity contribution < 1.29 is 14.2 Å². The molecule has 0 aliphatic carbocycles. The molecule has 0 saturated carbocycles. The molecule has 6 heteroatoms. The maximum absolute atomic E-state index is 5.59. The summed E-state index contributed by atoms with van der Waals surface area (Å²) in [4.78, 5) is 9.18. The Morgan fingerprint density at radius 3 is 2.24 bits per heavy atom. The Morgan fingerprint density at radius 2 is 1.64 bits per heavy atom. The van der Waals surface area contributed by atoms with Gasteiger partial charge in [0.05, 0.1) is 21.3 Å². The number of hydrogen-bond acceptors (Lipinski definition) is 6. The number of pyridine rings is 1. The molecule has 0 bridgehead atoms. The Kier molecular flexibility index (Phi) is 5.60. The number of methoxy groups -OCH3 is 3. The summed E-state index contributed by atoms with van der Waals surface area (Å²) in [6.07, 6.45) is 1.84. The first kappa shape index (κ1) is 17.4. The van der Waals surface area contributed by atoms with E-state index in [1.165, 1.54) is 0 Å². The van der Waals surface area contributed by atoms with Gasteiger partial charge in [-0.3, -0.25) is 4.90 Å². The molecular weight excluding hydrogens is 318 g/mol. The molecule has 134 valence electrons. The lowest BCUT2D eigenvalue weighted by molar-refractivity contribution is 0.243. The molecule has 0 atom stereocenters. The van der Waals surface area contributed by atoms with E-state index in [4.69, 9.17) is 14.2 Å². The molecule has 1 aliphatic rings. The van der Waals surface area contributed by atoms with Gasteiger partial charge in [0.2, 0.25) is 5.75 Å². The van der Waals surface area contributed by atoms with Crippen LogP contribution in [0.4, 0.5) is 5.82 Å². The second kappa shape index (κ2) is 8.07. The topological polar surface area (TPSA) is 47.1 Å². The molecule has 25 heavy (non-hydrogen) atoms. The molecule has 1 saturated heterocycles. The van der Waals surface area contributed by atoms with Crippen LogP contribution in [0.25, 0.3) is 0 Å². The zero-order valence-electron chi connectivity index (χ0n) is 15.1. The lowest BCUT2D eigenvalue weighted by Gasteiger charge is -2.35. The number of aromatic nitrogens is 1. The van der Waals surface area contributed by atoms with Crippen LogP contribution in [0.3, 0.4) is 0 Å². The minimum atomic E-state index is 0.648. The largest absolute Gasteiger partial charge is 0.493 e. The number of benzene rings is 1. The van der Waals surface area contributed by atoms with E-state index < -0.39 is 0 Å². The van der Waals surface area contributed by atoms with E-state index in [0.717, 1.165) is 49.9 Å². The summed E-state index contributed by atoms with van der Waals surface area (Å²) >= 11 is 0. The molecule has 1 fully saturated rings. The van der Waals surface area contributed by atoms with E-state index in [1.807, 2.05) is 30.5 Å². The fourth-order valence-corrected chi connectivity index (χ4v) is 3.20. The molecule has 1 aliphatic heterocycles. The number of hydrogen-bond donors (Lipinski definition) is 0. The quantitative estimate of drug-likeness (QED) is 0.803. The molecule has 2 heterocycles. The summed E-state index contributed by atoms with van der Waals surface area (Å²) in [6.45, 7) is 4.71. The van der Waals surface area contributed by atoms with Gasteiger partial charge in [-0.2, -0.15) is 0 Å². The van der Waals surface area contributed by atoms with Crippen molar-refractivity contribution in [2.75, 3.05) is 52.4 Å². The fraction of sp³-hybridized carbons (Fsp3) is 0.421. The lowest BCUT2D eigenvalue weighted by Crippen LogP contribution is -2.46. The highest BCUT2D eigenvalue weighted by Crippen LogP contribution is 2.40. The third-order valence-corrected chi connectivity index (χ3v) is 4.53. The predicted octanol–water partition coefficient (Wildman–Crippen LogP) is 2.43. The molecule has 0 spiro atoms. The Hall–Kier alpha value is -2.47. The monoisotopic (exact) mass is 343 g/mol. The minimum absolute atomic E-state index is 0.648. The van der Waals surface area contributed by atoms with Crippen molar-refractivity contribution in [3.8, 4) is 17.2 Å². The van der Waals surface area contributed by atoms with E-state index in [-0.39, 0.29) is 0 Å². The number of piperazine rings is 1. The van der Waals surface area contributed by atoms with Gasteiger partial charge in [0.1, 0.15) is 5.82 Å². The van der Waals surface area contributed by atoms with Crippen molar-refractivity contribution in [3.05, 3.63) is 42.1 Å². The third-order valence-electron chi connectivity index (χ3n) is 4.53. The van der Waals surface area contributed by atoms with Crippen molar-refractivity contribution in [2.24, 2.45) is 0 Å². The SMILES string of the molecule is COc1ccc(CN2CCN(c3ccccn3)CC2)c(OC)c1OC. The summed E-state index contributed by atoms with van der Waals surface area (Å²) in [6, 6.07) is 10.0. The van der Waals surface area contributed by atoms with Crippen LogP contribution in [0.2, 0.25) is 0 Å². The van der Waals surface area contributed by atoms with E-state index in [9.17, 15) is 0 Å². The summed E-state index contributed by atoms with van der Waals surface area (Å²) in [5, 5.41) is 0. The van der Waals surface area contributed by atoms with Gasteiger partial charge < -0.3 is 19.1 Å². The normalized spacial score (nSPS) is 15.1. The van der Waals surface area contributed by atoms with Crippen LogP contribution in [0.15, 0.2) is 36.5 Å². The van der Waals surface area contributed by atoms with Crippen LogP contribution in [-0.2, 0) is 6.54 Å². The number of anilines is 1. The Labute approximate surface area is 148 Å². The summed E-state index contributed by atoms with van der Waals surface area (Å²) in [5.41, 5.74) is 1.10. The van der Waals surface area contributed by atoms with Gasteiger partial charge >= 0.3 is 0 Å². The van der Waals surface area contributed by atoms with Gasteiger partial charge in [0.25, 0.3) is 0 Å². The molecule has 0 unspecified atom stereocenters. The van der Waals surface area contributed by atoms with Crippen molar-refractivity contribution in [1.29, 1.82) is 0 Å². The third kappa shape index (κ3) is 3.79. The van der Waals surface area contributed by atoms with Crippen LogP contribution in [0.1, 0.15) is 5.56 Å². The van der Waals surface area contributed by atoms with Gasteiger partial charge in [-0.15, -0.1) is 0 Å². The van der Waals surface area contributed by atoms with E-state index in [0.29, 0.717) is 11.5 Å². The lowest BCUT2D eigenvalue weighted by atomic mass is 10.1. The highest BCUT2D eigenvalue weighted by molar-refractivity contribution is 5.55. The van der Waals surface area contributed by atoms with Gasteiger partial charge in [-0.05, 0) is 18.2 Å². The maximum atomic E-state index is 5.59. The van der Waals surface area contributed by atoms with E-state index in [1.54, 1.807) is 21.3 Å². The second-order valence-corrected chi connectivity index (χ2v) is 5.94. The van der Waals surface area contributed by atoms with Crippen LogP contribution >= 0.6 is 0 Å². The van der Waals surface area contributed by atoms with Crippen LogP contribution in [0.5, 0.6) is 17.2 Å². The van der Waals surface area contributed by atoms with Crippen LogP contribution < -0.4 is 19.1 Å². The maximum Gasteiger partial charge on any atom is 0.203 e. The summed E-state index contributed by atoms with van der Waals surface area (Å²) < 4.78 is 16.4. The summed E-state index contributed by atoms with van der Waals surface area (Å²) in [5.74, 6) is 3.12. The second-order valence-electron chi connectivity index (χ2n) is 5.94. The Bertz CT molecular complexity index is 686. The van der Waals surface area contributed by atoms with E-state index in [2.05, 4.69) is 20.9 Å². The molecule has 6 nitrogen and oxygen atoms in total. The van der Waals surface area contributed by atoms with Crippen molar-refractivity contribution >= 4 is 5.82 Å². The van der Waals surface area contributed by atoms with Crippen molar-refractivity contribution in [3.63, 3.8) is 0 Å². The van der Waals surface area contributed by atoms with Crippen LogP contribution in [-0.4, -0.2) is 57.4 Å². The molecule has 0 radical (unpaired) electrons. The first-order chi connectivity index (χ1) is 12.3. The molecule has 0 N–H and O–H groups in total. The standard InChI is InChI=1S/C19H25N3O3/c1-23-16-8-7-15(18(24-2)19(16)25-3)14-21-10-12-22(13-11-21)17-6-4-5-9-20-17/h4-9H,10-14H2,1-3H3. The van der Waals surface area contributed by atoms with Crippen molar-refractivity contribution in [1.82, 2.24) is 9.88 Å². The predicted molar refractivity (Wildman–Crippen MR) is 97.8 cm³/mol. The molecular formula is C19H25N3O3. The average molecular weight is 343 g/mol. The molecule has 1 aromatic carbocycles. The van der Waals surface area contributed by atoms with Crippen molar-refractivity contribution in [2.45, 2.75) is 6.54 Å². The highest BCUT2D eigenvalue weighted by atomic mass is 16.5. The summed E-state index contributed by atoms with van der Waals surface area (Å²) in [7, 11) is 4.93.